The highest BCUT2D eigenvalue weighted by Crippen LogP contribution is 2.29. The maximum Gasteiger partial charge on any atom is 0.137 e. The smallest absolute Gasteiger partial charge is 0.137 e. The van der Waals surface area contributed by atoms with Gasteiger partial charge >= 0.3 is 0 Å². The predicted molar refractivity (Wildman–Crippen MR) is 69.4 cm³/mol. The zero-order valence-corrected chi connectivity index (χ0v) is 10.3. The summed E-state index contributed by atoms with van der Waals surface area (Å²) in [6, 6.07) is 10.0. The van der Waals surface area contributed by atoms with Crippen LogP contribution in [0.2, 0.25) is 0 Å². The van der Waals surface area contributed by atoms with Gasteiger partial charge in [0.25, 0.3) is 0 Å². The Bertz CT molecular complexity index is 436. The molecule has 0 heterocycles. The van der Waals surface area contributed by atoms with E-state index in [0.29, 0.717) is 5.78 Å². The van der Waals surface area contributed by atoms with Gasteiger partial charge in [0.2, 0.25) is 0 Å². The van der Waals surface area contributed by atoms with Gasteiger partial charge in [-0.1, -0.05) is 37.0 Å². The number of carbonyl (C=O) groups excluding carboxylic acids is 1. The van der Waals surface area contributed by atoms with E-state index in [9.17, 15) is 4.79 Å². The molecule has 1 aliphatic rings. The number of hydrogen-bond donors (Lipinski definition) is 0. The van der Waals surface area contributed by atoms with E-state index in [1.54, 1.807) is 0 Å². The van der Waals surface area contributed by atoms with Crippen molar-refractivity contribution < 1.29 is 4.79 Å². The molecule has 1 aliphatic carbocycles. The van der Waals surface area contributed by atoms with Gasteiger partial charge in [0.15, 0.2) is 0 Å². The second-order valence-corrected chi connectivity index (χ2v) is 4.62. The van der Waals surface area contributed by atoms with Crippen molar-refractivity contribution in [2.75, 3.05) is 0 Å². The number of rotatable bonds is 1. The lowest BCUT2D eigenvalue weighted by atomic mass is 9.77. The molecule has 0 saturated heterocycles. The Morgan fingerprint density at radius 3 is 2.76 bits per heavy atom. The molecular formula is C16H18O. The summed E-state index contributed by atoms with van der Waals surface area (Å²) in [6.45, 7) is 2.09. The quantitative estimate of drug-likeness (QED) is 0.670. The maximum atomic E-state index is 11.8. The fraction of sp³-hybridized carbons (Fsp3) is 0.438. The minimum atomic E-state index is 0.167. The number of carbonyl (C=O) groups is 1. The molecule has 1 heteroatoms. The van der Waals surface area contributed by atoms with Crippen LogP contribution in [-0.4, -0.2) is 5.78 Å². The first-order chi connectivity index (χ1) is 8.31. The second kappa shape index (κ2) is 5.68. The minimum Gasteiger partial charge on any atom is -0.299 e. The van der Waals surface area contributed by atoms with Crippen molar-refractivity contribution in [3.63, 3.8) is 0 Å². The van der Waals surface area contributed by atoms with Crippen molar-refractivity contribution in [2.24, 2.45) is 11.8 Å². The van der Waals surface area contributed by atoms with Crippen LogP contribution in [0.15, 0.2) is 30.3 Å². The summed E-state index contributed by atoms with van der Waals surface area (Å²) in [5.41, 5.74) is 1.04. The molecule has 0 aliphatic heterocycles. The average Bonchev–Trinajstić information content (AvgIpc) is 2.37. The van der Waals surface area contributed by atoms with Gasteiger partial charge in [0.1, 0.15) is 5.78 Å². The average molecular weight is 226 g/mol. The van der Waals surface area contributed by atoms with E-state index in [1.807, 2.05) is 30.3 Å². The Hall–Kier alpha value is -1.55. The topological polar surface area (TPSA) is 17.1 Å². The van der Waals surface area contributed by atoms with Crippen LogP contribution < -0.4 is 0 Å². The molecule has 0 spiro atoms. The number of Topliss-reactive ketones (excluding diaryl/α,β-unsaturated/α-hetero) is 1. The van der Waals surface area contributed by atoms with Gasteiger partial charge in [-0.05, 0) is 31.4 Å². The normalized spacial score (nSPS) is 23.9. The summed E-state index contributed by atoms with van der Waals surface area (Å²) in [6.07, 6.45) is 3.75. The third kappa shape index (κ3) is 2.97. The fourth-order valence-electron chi connectivity index (χ4n) is 2.49. The Morgan fingerprint density at radius 1 is 1.29 bits per heavy atom. The minimum absolute atomic E-state index is 0.167. The summed E-state index contributed by atoms with van der Waals surface area (Å²) in [4.78, 5) is 11.8. The Morgan fingerprint density at radius 2 is 2.06 bits per heavy atom. The van der Waals surface area contributed by atoms with Gasteiger partial charge in [-0.15, -0.1) is 0 Å². The highest BCUT2D eigenvalue weighted by molar-refractivity contribution is 5.82. The van der Waals surface area contributed by atoms with Crippen molar-refractivity contribution in [1.29, 1.82) is 0 Å². The van der Waals surface area contributed by atoms with E-state index in [2.05, 4.69) is 18.8 Å². The molecule has 0 aromatic heterocycles. The molecule has 1 aromatic carbocycles. The molecule has 88 valence electrons. The Labute approximate surface area is 103 Å². The number of hydrogen-bond acceptors (Lipinski definition) is 1. The molecule has 0 radical (unpaired) electrons. The molecule has 0 amide bonds. The van der Waals surface area contributed by atoms with Crippen molar-refractivity contribution in [1.82, 2.24) is 0 Å². The van der Waals surface area contributed by atoms with E-state index in [0.717, 1.165) is 31.2 Å². The Kier molecular flexibility index (Phi) is 3.98. The van der Waals surface area contributed by atoms with Crippen molar-refractivity contribution in [3.8, 4) is 11.8 Å². The largest absolute Gasteiger partial charge is 0.299 e. The van der Waals surface area contributed by atoms with Gasteiger partial charge in [0, 0.05) is 23.8 Å². The molecular weight excluding hydrogens is 208 g/mol. The monoisotopic (exact) mass is 226 g/mol. The number of benzene rings is 1. The number of ketones is 1. The summed E-state index contributed by atoms with van der Waals surface area (Å²) in [5.74, 6) is 7.34. The van der Waals surface area contributed by atoms with Crippen molar-refractivity contribution >= 4 is 5.78 Å². The van der Waals surface area contributed by atoms with Crippen LogP contribution in [0.4, 0.5) is 0 Å². The van der Waals surface area contributed by atoms with Crippen molar-refractivity contribution in [3.05, 3.63) is 35.9 Å². The summed E-state index contributed by atoms with van der Waals surface area (Å²) in [7, 11) is 0. The molecule has 1 aromatic rings. The predicted octanol–water partition coefficient (Wildman–Crippen LogP) is 3.43. The first-order valence-corrected chi connectivity index (χ1v) is 6.40. The van der Waals surface area contributed by atoms with E-state index in [-0.39, 0.29) is 11.8 Å². The van der Waals surface area contributed by atoms with Crippen LogP contribution in [0, 0.1) is 23.7 Å². The molecule has 2 rings (SSSR count). The Balaban J connectivity index is 2.12. The lowest BCUT2D eigenvalue weighted by Gasteiger charge is -2.25. The van der Waals surface area contributed by atoms with E-state index in [1.165, 1.54) is 0 Å². The van der Waals surface area contributed by atoms with Crippen LogP contribution in [-0.2, 0) is 4.79 Å². The van der Waals surface area contributed by atoms with Crippen molar-refractivity contribution in [2.45, 2.75) is 32.6 Å². The molecule has 1 saturated carbocycles. The lowest BCUT2D eigenvalue weighted by Crippen LogP contribution is -2.26. The molecule has 2 atom stereocenters. The van der Waals surface area contributed by atoms with Gasteiger partial charge in [-0.25, -0.2) is 0 Å². The molecule has 0 bridgehead atoms. The van der Waals surface area contributed by atoms with Crippen LogP contribution in [0.3, 0.4) is 0 Å². The molecule has 1 nitrogen and oxygen atoms in total. The van der Waals surface area contributed by atoms with E-state index >= 15 is 0 Å². The second-order valence-electron chi connectivity index (χ2n) is 4.62. The van der Waals surface area contributed by atoms with Crippen LogP contribution in [0.25, 0.3) is 0 Å². The zero-order chi connectivity index (χ0) is 12.1. The fourth-order valence-corrected chi connectivity index (χ4v) is 2.49. The first-order valence-electron chi connectivity index (χ1n) is 6.40. The maximum absolute atomic E-state index is 11.8. The summed E-state index contributed by atoms with van der Waals surface area (Å²) < 4.78 is 0. The van der Waals surface area contributed by atoms with Gasteiger partial charge in [-0.3, -0.25) is 4.79 Å². The third-order valence-corrected chi connectivity index (χ3v) is 3.45. The lowest BCUT2D eigenvalue weighted by molar-refractivity contribution is -0.125. The van der Waals surface area contributed by atoms with Crippen LogP contribution in [0.5, 0.6) is 0 Å². The third-order valence-electron chi connectivity index (χ3n) is 3.45. The first kappa shape index (κ1) is 11.9. The van der Waals surface area contributed by atoms with Gasteiger partial charge < -0.3 is 0 Å². The van der Waals surface area contributed by atoms with E-state index in [4.69, 9.17) is 0 Å². The molecule has 17 heavy (non-hydrogen) atoms. The van der Waals surface area contributed by atoms with E-state index < -0.39 is 0 Å². The van der Waals surface area contributed by atoms with Crippen LogP contribution in [0.1, 0.15) is 38.2 Å². The highest BCUT2D eigenvalue weighted by atomic mass is 16.1. The zero-order valence-electron chi connectivity index (χ0n) is 10.3. The summed E-state index contributed by atoms with van der Waals surface area (Å²) >= 11 is 0. The molecule has 0 unspecified atom stereocenters. The van der Waals surface area contributed by atoms with Gasteiger partial charge in [0.05, 0.1) is 0 Å². The highest BCUT2D eigenvalue weighted by Gasteiger charge is 2.28. The SMILES string of the molecule is CC[C@@H]1C(=O)CCC[C@@H]1C#Cc1ccccc1. The summed E-state index contributed by atoms with van der Waals surface area (Å²) in [5, 5.41) is 0. The van der Waals surface area contributed by atoms with Gasteiger partial charge in [-0.2, -0.15) is 0 Å². The van der Waals surface area contributed by atoms with Crippen LogP contribution >= 0.6 is 0 Å². The molecule has 0 N–H and O–H groups in total. The molecule has 1 fully saturated rings. The standard InChI is InChI=1S/C16H18O/c1-2-15-14(9-6-10-16(15)17)12-11-13-7-4-3-5-8-13/h3-5,7-8,14-15H,2,6,9-10H2,1H3/t14-,15+/m1/s1.